The van der Waals surface area contributed by atoms with Gasteiger partial charge in [0.25, 0.3) is 5.91 Å². The van der Waals surface area contributed by atoms with Crippen LogP contribution >= 0.6 is 11.8 Å². The second-order valence-electron chi connectivity index (χ2n) is 6.99. The van der Waals surface area contributed by atoms with Crippen molar-refractivity contribution in [2.24, 2.45) is 10.7 Å². The smallest absolute Gasteiger partial charge is 0.266 e. The van der Waals surface area contributed by atoms with Gasteiger partial charge in [0.15, 0.2) is 5.17 Å². The molecule has 0 atom stereocenters. The third kappa shape index (κ3) is 4.55. The molecule has 4 rings (SSSR count). The molecule has 0 aliphatic carbocycles. The highest BCUT2D eigenvalue weighted by Gasteiger charge is 2.33. The molecule has 1 saturated heterocycles. The van der Waals surface area contributed by atoms with E-state index >= 15 is 0 Å². The Bertz CT molecular complexity index is 1180. The van der Waals surface area contributed by atoms with Crippen LogP contribution in [0.15, 0.2) is 70.7 Å². The number of para-hydroxylation sites is 2. The number of aromatic nitrogens is 1. The van der Waals surface area contributed by atoms with Crippen LogP contribution in [0.25, 0.3) is 17.0 Å². The van der Waals surface area contributed by atoms with Gasteiger partial charge in [-0.15, -0.1) is 0 Å². The first-order valence-electron chi connectivity index (χ1n) is 9.77. The Labute approximate surface area is 184 Å². The summed E-state index contributed by atoms with van der Waals surface area (Å²) >= 11 is 1.33. The van der Waals surface area contributed by atoms with Crippen LogP contribution < -0.4 is 5.73 Å². The first-order chi connectivity index (χ1) is 15.1. The molecule has 31 heavy (non-hydrogen) atoms. The lowest BCUT2D eigenvalue weighted by molar-refractivity contribution is -0.122. The summed E-state index contributed by atoms with van der Waals surface area (Å²) in [5.41, 5.74) is 7.91. The number of carbonyl (C=O) groups is 2. The Morgan fingerprint density at radius 1 is 1.16 bits per heavy atom. The summed E-state index contributed by atoms with van der Waals surface area (Å²) in [6.45, 7) is 0.894. The van der Waals surface area contributed by atoms with Crippen molar-refractivity contribution in [2.45, 2.75) is 6.54 Å². The van der Waals surface area contributed by atoms with Crippen molar-refractivity contribution < 1.29 is 14.3 Å². The first kappa shape index (κ1) is 20.9. The SMILES string of the molecule is COCCN1C(=O)/C(=C/c2cn(CC(N)=O)c3ccccc23)SC1=Nc1ccccc1. The van der Waals surface area contributed by atoms with E-state index in [1.165, 1.54) is 11.8 Å². The highest BCUT2D eigenvalue weighted by molar-refractivity contribution is 8.18. The molecule has 158 valence electrons. The molecule has 8 heteroatoms. The lowest BCUT2D eigenvalue weighted by atomic mass is 10.1. The molecule has 3 aromatic rings. The van der Waals surface area contributed by atoms with Gasteiger partial charge in [0.05, 0.1) is 23.7 Å². The number of methoxy groups -OCH3 is 1. The molecule has 1 aliphatic heterocycles. The fraction of sp³-hybridized carbons (Fsp3) is 0.174. The van der Waals surface area contributed by atoms with Crippen LogP contribution in [0.1, 0.15) is 5.56 Å². The zero-order valence-electron chi connectivity index (χ0n) is 17.0. The van der Waals surface area contributed by atoms with Crippen LogP contribution in [0.5, 0.6) is 0 Å². The third-order valence-corrected chi connectivity index (χ3v) is 5.83. The van der Waals surface area contributed by atoms with Gasteiger partial charge in [-0.05, 0) is 36.0 Å². The summed E-state index contributed by atoms with van der Waals surface area (Å²) in [5.74, 6) is -0.544. The van der Waals surface area contributed by atoms with E-state index in [-0.39, 0.29) is 12.5 Å². The number of benzene rings is 2. The van der Waals surface area contributed by atoms with Crippen LogP contribution in [0.4, 0.5) is 5.69 Å². The number of hydrogen-bond donors (Lipinski definition) is 1. The van der Waals surface area contributed by atoms with E-state index in [0.717, 1.165) is 22.2 Å². The standard InChI is InChI=1S/C23H22N4O3S/c1-30-12-11-27-22(29)20(31-23(27)25-17-7-3-2-4-8-17)13-16-14-26(15-21(24)28)19-10-6-5-9-18(16)19/h2-10,13-14H,11-12,15H2,1H3,(H2,24,28)/b20-13-,25-23?. The normalized spacial score (nSPS) is 16.7. The van der Waals surface area contributed by atoms with Gasteiger partial charge < -0.3 is 15.0 Å². The number of ether oxygens (including phenoxy) is 1. The summed E-state index contributed by atoms with van der Waals surface area (Å²) in [4.78, 5) is 31.5. The van der Waals surface area contributed by atoms with Gasteiger partial charge in [-0.2, -0.15) is 0 Å². The number of amidine groups is 1. The fourth-order valence-electron chi connectivity index (χ4n) is 3.41. The minimum absolute atomic E-state index is 0.0749. The van der Waals surface area contributed by atoms with Crippen LogP contribution in [0, 0.1) is 0 Å². The van der Waals surface area contributed by atoms with Crippen LogP contribution in [-0.2, 0) is 20.9 Å². The number of primary amides is 1. The molecule has 1 aliphatic rings. The van der Waals surface area contributed by atoms with E-state index < -0.39 is 5.91 Å². The van der Waals surface area contributed by atoms with Crippen molar-refractivity contribution in [2.75, 3.05) is 20.3 Å². The van der Waals surface area contributed by atoms with Gasteiger partial charge in [0.2, 0.25) is 5.91 Å². The number of amides is 2. The number of thioether (sulfide) groups is 1. The predicted molar refractivity (Wildman–Crippen MR) is 124 cm³/mol. The van der Waals surface area contributed by atoms with Crippen molar-refractivity contribution in [1.82, 2.24) is 9.47 Å². The van der Waals surface area contributed by atoms with Crippen LogP contribution in [0.2, 0.25) is 0 Å². The van der Waals surface area contributed by atoms with Crippen molar-refractivity contribution in [3.8, 4) is 0 Å². The number of hydrogen-bond acceptors (Lipinski definition) is 5. The summed E-state index contributed by atoms with van der Waals surface area (Å²) in [7, 11) is 1.60. The zero-order valence-corrected chi connectivity index (χ0v) is 17.8. The molecule has 2 heterocycles. The maximum atomic E-state index is 13.2. The van der Waals surface area contributed by atoms with E-state index in [2.05, 4.69) is 4.99 Å². The number of aliphatic imine (C=N–C) groups is 1. The van der Waals surface area contributed by atoms with E-state index in [1.807, 2.05) is 66.9 Å². The summed E-state index contributed by atoms with van der Waals surface area (Å²) in [6.07, 6.45) is 3.70. The number of carbonyl (C=O) groups excluding carboxylic acids is 2. The number of fused-ring (bicyclic) bond motifs is 1. The lowest BCUT2D eigenvalue weighted by Gasteiger charge is -2.14. The Hall–Kier alpha value is -3.36. The van der Waals surface area contributed by atoms with E-state index in [4.69, 9.17) is 10.5 Å². The molecular formula is C23H22N4O3S. The van der Waals surface area contributed by atoms with Crippen molar-refractivity contribution >= 4 is 51.4 Å². The minimum Gasteiger partial charge on any atom is -0.383 e. The fourth-order valence-corrected chi connectivity index (χ4v) is 4.43. The highest BCUT2D eigenvalue weighted by atomic mass is 32.2. The molecular weight excluding hydrogens is 412 g/mol. The maximum absolute atomic E-state index is 13.2. The van der Waals surface area contributed by atoms with Crippen LogP contribution in [-0.4, -0.2) is 46.7 Å². The molecule has 0 unspecified atom stereocenters. The van der Waals surface area contributed by atoms with E-state index in [1.54, 1.807) is 16.6 Å². The van der Waals surface area contributed by atoms with Crippen molar-refractivity contribution in [1.29, 1.82) is 0 Å². The summed E-state index contributed by atoms with van der Waals surface area (Å²) in [6, 6.07) is 17.3. The highest BCUT2D eigenvalue weighted by Crippen LogP contribution is 2.35. The summed E-state index contributed by atoms with van der Waals surface area (Å²) < 4.78 is 6.98. The molecule has 0 saturated carbocycles. The molecule has 2 aromatic carbocycles. The van der Waals surface area contributed by atoms with E-state index in [9.17, 15) is 9.59 Å². The second kappa shape index (κ2) is 9.20. The molecule has 0 radical (unpaired) electrons. The molecule has 2 N–H and O–H groups in total. The molecule has 0 spiro atoms. The quantitative estimate of drug-likeness (QED) is 0.577. The average Bonchev–Trinajstić information content (AvgIpc) is 3.25. The molecule has 1 aromatic heterocycles. The van der Waals surface area contributed by atoms with Crippen LogP contribution in [0.3, 0.4) is 0 Å². The van der Waals surface area contributed by atoms with Gasteiger partial charge in [-0.3, -0.25) is 14.5 Å². The Kier molecular flexibility index (Phi) is 6.20. The Morgan fingerprint density at radius 2 is 1.90 bits per heavy atom. The number of nitrogens with two attached hydrogens (primary N) is 1. The third-order valence-electron chi connectivity index (χ3n) is 4.82. The predicted octanol–water partition coefficient (Wildman–Crippen LogP) is 3.38. The molecule has 7 nitrogen and oxygen atoms in total. The topological polar surface area (TPSA) is 89.9 Å². The first-order valence-corrected chi connectivity index (χ1v) is 10.6. The Morgan fingerprint density at radius 3 is 2.65 bits per heavy atom. The molecule has 0 bridgehead atoms. The molecule has 1 fully saturated rings. The van der Waals surface area contributed by atoms with Gasteiger partial charge in [0, 0.05) is 29.8 Å². The number of nitrogens with zero attached hydrogens (tertiary/aromatic N) is 3. The Balaban J connectivity index is 1.73. The number of rotatable bonds is 7. The maximum Gasteiger partial charge on any atom is 0.266 e. The average molecular weight is 435 g/mol. The van der Waals surface area contributed by atoms with Gasteiger partial charge in [-0.25, -0.2) is 4.99 Å². The molecule has 2 amide bonds. The van der Waals surface area contributed by atoms with Gasteiger partial charge in [-0.1, -0.05) is 36.4 Å². The van der Waals surface area contributed by atoms with E-state index in [0.29, 0.717) is 23.2 Å². The van der Waals surface area contributed by atoms with Crippen molar-refractivity contribution in [3.63, 3.8) is 0 Å². The zero-order chi connectivity index (χ0) is 21.8. The largest absolute Gasteiger partial charge is 0.383 e. The lowest BCUT2D eigenvalue weighted by Crippen LogP contribution is -2.32. The second-order valence-corrected chi connectivity index (χ2v) is 8.00. The van der Waals surface area contributed by atoms with Gasteiger partial charge in [0.1, 0.15) is 6.54 Å². The monoisotopic (exact) mass is 434 g/mol. The minimum atomic E-state index is -0.422. The van der Waals surface area contributed by atoms with Crippen molar-refractivity contribution in [3.05, 3.63) is 71.3 Å². The summed E-state index contributed by atoms with van der Waals surface area (Å²) in [5, 5.41) is 1.56. The van der Waals surface area contributed by atoms with Gasteiger partial charge >= 0.3 is 0 Å².